The number of amides is 1. The Morgan fingerprint density at radius 1 is 1.16 bits per heavy atom. The number of carbonyl (C=O) groups is 1. The lowest BCUT2D eigenvalue weighted by atomic mass is 10.0. The van der Waals surface area contributed by atoms with Crippen molar-refractivity contribution in [2.24, 2.45) is 0 Å². The van der Waals surface area contributed by atoms with Crippen LogP contribution in [0.3, 0.4) is 0 Å². The van der Waals surface area contributed by atoms with Crippen molar-refractivity contribution >= 4 is 5.91 Å². The molecule has 1 aliphatic heterocycles. The van der Waals surface area contributed by atoms with Crippen LogP contribution in [0.15, 0.2) is 54.6 Å². The zero-order valence-corrected chi connectivity index (χ0v) is 14.0. The molecule has 1 aliphatic rings. The van der Waals surface area contributed by atoms with Crippen LogP contribution in [0.4, 0.5) is 0 Å². The zero-order chi connectivity index (χ0) is 17.5. The van der Waals surface area contributed by atoms with Crippen molar-refractivity contribution < 1.29 is 9.53 Å². The number of para-hydroxylation sites is 1. The summed E-state index contributed by atoms with van der Waals surface area (Å²) in [6.45, 7) is 2.57. The SMILES string of the molecule is N#Cc1ccccc1OCCN1CCNC(=O)C[C@H]1c1ccccc1. The summed E-state index contributed by atoms with van der Waals surface area (Å²) in [5, 5.41) is 12.1. The van der Waals surface area contributed by atoms with Crippen molar-refractivity contribution in [2.45, 2.75) is 12.5 Å². The first-order chi connectivity index (χ1) is 12.3. The fraction of sp³-hybridized carbons (Fsp3) is 0.300. The van der Waals surface area contributed by atoms with E-state index >= 15 is 0 Å². The summed E-state index contributed by atoms with van der Waals surface area (Å²) in [6.07, 6.45) is 0.443. The predicted molar refractivity (Wildman–Crippen MR) is 95.0 cm³/mol. The monoisotopic (exact) mass is 335 g/mol. The Bertz CT molecular complexity index is 755. The van der Waals surface area contributed by atoms with Gasteiger partial charge in [0, 0.05) is 32.1 Å². The number of nitrogens with zero attached hydrogens (tertiary/aromatic N) is 2. The number of nitrogens with one attached hydrogen (secondary N) is 1. The lowest BCUT2D eigenvalue weighted by Crippen LogP contribution is -2.34. The summed E-state index contributed by atoms with van der Waals surface area (Å²) in [5.74, 6) is 0.678. The largest absolute Gasteiger partial charge is 0.491 e. The van der Waals surface area contributed by atoms with Gasteiger partial charge in [-0.1, -0.05) is 42.5 Å². The molecule has 0 aliphatic carbocycles. The topological polar surface area (TPSA) is 65.4 Å². The third-order valence-corrected chi connectivity index (χ3v) is 4.37. The normalized spacial score (nSPS) is 18.0. The van der Waals surface area contributed by atoms with E-state index in [0.29, 0.717) is 37.4 Å². The van der Waals surface area contributed by atoms with E-state index in [1.807, 2.05) is 30.3 Å². The second kappa shape index (κ2) is 8.32. The molecular formula is C20H21N3O2. The zero-order valence-electron chi connectivity index (χ0n) is 14.0. The summed E-state index contributed by atoms with van der Waals surface area (Å²) in [6, 6.07) is 19.5. The number of hydrogen-bond acceptors (Lipinski definition) is 4. The van der Waals surface area contributed by atoms with Gasteiger partial charge in [0.1, 0.15) is 18.4 Å². The summed E-state index contributed by atoms with van der Waals surface area (Å²) < 4.78 is 5.81. The summed E-state index contributed by atoms with van der Waals surface area (Å²) in [4.78, 5) is 14.3. The van der Waals surface area contributed by atoms with Crippen LogP contribution in [0, 0.1) is 11.3 Å². The molecule has 5 nitrogen and oxygen atoms in total. The minimum atomic E-state index is 0.0403. The van der Waals surface area contributed by atoms with Crippen molar-refractivity contribution in [1.82, 2.24) is 10.2 Å². The molecule has 0 radical (unpaired) electrons. The Labute approximate surface area is 147 Å². The molecule has 1 atom stereocenters. The van der Waals surface area contributed by atoms with E-state index in [-0.39, 0.29) is 11.9 Å². The lowest BCUT2D eigenvalue weighted by Gasteiger charge is -2.29. The molecule has 25 heavy (non-hydrogen) atoms. The minimum Gasteiger partial charge on any atom is -0.491 e. The van der Waals surface area contributed by atoms with Gasteiger partial charge >= 0.3 is 0 Å². The molecule has 1 N–H and O–H groups in total. The van der Waals surface area contributed by atoms with Crippen LogP contribution in [0.2, 0.25) is 0 Å². The van der Waals surface area contributed by atoms with E-state index in [4.69, 9.17) is 10.00 Å². The molecule has 0 bridgehead atoms. The number of nitriles is 1. The minimum absolute atomic E-state index is 0.0403. The van der Waals surface area contributed by atoms with E-state index in [0.717, 1.165) is 12.1 Å². The van der Waals surface area contributed by atoms with E-state index in [2.05, 4.69) is 28.4 Å². The second-order valence-corrected chi connectivity index (χ2v) is 5.97. The molecule has 128 valence electrons. The van der Waals surface area contributed by atoms with Crippen LogP contribution in [-0.2, 0) is 4.79 Å². The van der Waals surface area contributed by atoms with Crippen molar-refractivity contribution in [3.05, 3.63) is 65.7 Å². The number of benzene rings is 2. The molecular weight excluding hydrogens is 314 g/mol. The van der Waals surface area contributed by atoms with Crippen molar-refractivity contribution in [1.29, 1.82) is 5.26 Å². The van der Waals surface area contributed by atoms with Gasteiger partial charge in [0.05, 0.1) is 5.56 Å². The first-order valence-electron chi connectivity index (χ1n) is 8.45. The molecule has 0 saturated carbocycles. The van der Waals surface area contributed by atoms with Crippen LogP contribution >= 0.6 is 0 Å². The van der Waals surface area contributed by atoms with Crippen LogP contribution in [0.5, 0.6) is 5.75 Å². The quantitative estimate of drug-likeness (QED) is 0.912. The van der Waals surface area contributed by atoms with Crippen LogP contribution < -0.4 is 10.1 Å². The summed E-state index contributed by atoms with van der Waals surface area (Å²) >= 11 is 0. The highest BCUT2D eigenvalue weighted by molar-refractivity contribution is 5.77. The van der Waals surface area contributed by atoms with Crippen LogP contribution in [0.25, 0.3) is 0 Å². The summed E-state index contributed by atoms with van der Waals surface area (Å²) in [5.41, 5.74) is 1.67. The molecule has 3 rings (SSSR count). The van der Waals surface area contributed by atoms with Crippen molar-refractivity contribution in [3.8, 4) is 11.8 Å². The molecule has 0 unspecified atom stereocenters. The Morgan fingerprint density at radius 3 is 2.72 bits per heavy atom. The number of rotatable bonds is 5. The standard InChI is InChI=1S/C20H21N3O2/c21-15-17-8-4-5-9-19(17)25-13-12-23-11-10-22-20(24)14-18(23)16-6-2-1-3-7-16/h1-9,18H,10-14H2,(H,22,24)/t18-/m0/s1. The molecule has 1 amide bonds. The van der Waals surface area contributed by atoms with Gasteiger partial charge in [-0.25, -0.2) is 0 Å². The molecule has 1 heterocycles. The lowest BCUT2D eigenvalue weighted by molar-refractivity contribution is -0.121. The van der Waals surface area contributed by atoms with Gasteiger partial charge < -0.3 is 10.1 Å². The highest BCUT2D eigenvalue weighted by Crippen LogP contribution is 2.25. The van der Waals surface area contributed by atoms with Gasteiger partial charge in [-0.2, -0.15) is 5.26 Å². The molecule has 2 aromatic carbocycles. The highest BCUT2D eigenvalue weighted by atomic mass is 16.5. The fourth-order valence-corrected chi connectivity index (χ4v) is 3.10. The Morgan fingerprint density at radius 2 is 1.92 bits per heavy atom. The number of ether oxygens (including phenoxy) is 1. The Balaban J connectivity index is 1.68. The first kappa shape index (κ1) is 17.0. The van der Waals surface area contributed by atoms with Gasteiger partial charge in [0.15, 0.2) is 0 Å². The number of hydrogen-bond donors (Lipinski definition) is 1. The second-order valence-electron chi connectivity index (χ2n) is 5.97. The average molecular weight is 335 g/mol. The predicted octanol–water partition coefficient (Wildman–Crippen LogP) is 2.50. The van der Waals surface area contributed by atoms with Crippen LogP contribution in [0.1, 0.15) is 23.6 Å². The third kappa shape index (κ3) is 4.37. The van der Waals surface area contributed by atoms with Gasteiger partial charge in [-0.05, 0) is 17.7 Å². The first-order valence-corrected chi connectivity index (χ1v) is 8.45. The van der Waals surface area contributed by atoms with E-state index < -0.39 is 0 Å². The molecule has 1 saturated heterocycles. The highest BCUT2D eigenvalue weighted by Gasteiger charge is 2.25. The molecule has 5 heteroatoms. The molecule has 2 aromatic rings. The van der Waals surface area contributed by atoms with Gasteiger partial charge in [0.2, 0.25) is 5.91 Å². The van der Waals surface area contributed by atoms with E-state index in [1.165, 1.54) is 0 Å². The maximum Gasteiger partial charge on any atom is 0.221 e. The molecule has 1 fully saturated rings. The Hall–Kier alpha value is -2.84. The van der Waals surface area contributed by atoms with Gasteiger partial charge in [0.25, 0.3) is 0 Å². The maximum absolute atomic E-state index is 12.0. The molecule has 0 spiro atoms. The van der Waals surface area contributed by atoms with Crippen molar-refractivity contribution in [2.75, 3.05) is 26.2 Å². The maximum atomic E-state index is 12.0. The smallest absolute Gasteiger partial charge is 0.221 e. The van der Waals surface area contributed by atoms with Gasteiger partial charge in [-0.15, -0.1) is 0 Å². The Kier molecular flexibility index (Phi) is 5.65. The fourth-order valence-electron chi connectivity index (χ4n) is 3.10. The average Bonchev–Trinajstić information content (AvgIpc) is 2.84. The van der Waals surface area contributed by atoms with Crippen LogP contribution in [-0.4, -0.2) is 37.0 Å². The van der Waals surface area contributed by atoms with E-state index in [9.17, 15) is 4.79 Å². The molecule has 0 aromatic heterocycles. The summed E-state index contributed by atoms with van der Waals surface area (Å²) in [7, 11) is 0. The van der Waals surface area contributed by atoms with E-state index in [1.54, 1.807) is 12.1 Å². The van der Waals surface area contributed by atoms with Gasteiger partial charge in [-0.3, -0.25) is 9.69 Å². The number of carbonyl (C=O) groups excluding carboxylic acids is 1. The third-order valence-electron chi connectivity index (χ3n) is 4.37. The van der Waals surface area contributed by atoms with Crippen molar-refractivity contribution in [3.63, 3.8) is 0 Å².